The Bertz CT molecular complexity index is 469. The van der Waals surface area contributed by atoms with E-state index < -0.39 is 0 Å². The minimum atomic E-state index is -0.00969. The van der Waals surface area contributed by atoms with E-state index >= 15 is 0 Å². The predicted molar refractivity (Wildman–Crippen MR) is 80.9 cm³/mol. The van der Waals surface area contributed by atoms with Crippen LogP contribution in [0.2, 0.25) is 0 Å². The van der Waals surface area contributed by atoms with Gasteiger partial charge >= 0.3 is 0 Å². The second-order valence-electron chi connectivity index (χ2n) is 5.87. The van der Waals surface area contributed by atoms with Gasteiger partial charge in [-0.05, 0) is 47.7 Å². The normalized spacial score (nSPS) is 24.4. The molecule has 1 aliphatic heterocycles. The van der Waals surface area contributed by atoms with Crippen LogP contribution in [0.3, 0.4) is 0 Å². The van der Waals surface area contributed by atoms with Crippen molar-refractivity contribution in [2.75, 3.05) is 6.61 Å². The molecule has 110 valence electrons. The molecule has 20 heavy (non-hydrogen) atoms. The number of benzene rings is 1. The minimum absolute atomic E-state index is 0.00969. The van der Waals surface area contributed by atoms with Crippen LogP contribution in [-0.2, 0) is 11.3 Å². The lowest BCUT2D eigenvalue weighted by Crippen LogP contribution is -2.27. The number of ether oxygens (including phenoxy) is 2. The van der Waals surface area contributed by atoms with Gasteiger partial charge in [-0.25, -0.2) is 0 Å². The number of para-hydroxylation sites is 1. The lowest BCUT2D eigenvalue weighted by Gasteiger charge is -2.24. The van der Waals surface area contributed by atoms with Crippen molar-refractivity contribution in [3.63, 3.8) is 0 Å². The molecule has 1 saturated carbocycles. The van der Waals surface area contributed by atoms with Crippen LogP contribution < -0.4 is 4.74 Å². The molecule has 1 unspecified atom stereocenters. The smallest absolute Gasteiger partial charge is 0.139 e. The highest BCUT2D eigenvalue weighted by Gasteiger charge is 2.42. The zero-order valence-electron chi connectivity index (χ0n) is 11.6. The SMILES string of the molecule is OCc1cccc(Br)c1OCC1CCC2(CCCC2)O1. The summed E-state index contributed by atoms with van der Waals surface area (Å²) < 4.78 is 13.0. The average molecular weight is 341 g/mol. The highest BCUT2D eigenvalue weighted by Crippen LogP contribution is 2.43. The molecule has 0 radical (unpaired) electrons. The zero-order chi connectivity index (χ0) is 14.0. The van der Waals surface area contributed by atoms with Crippen LogP contribution in [0.25, 0.3) is 0 Å². The fourth-order valence-corrected chi connectivity index (χ4v) is 3.94. The van der Waals surface area contributed by atoms with E-state index in [1.54, 1.807) is 0 Å². The highest BCUT2D eigenvalue weighted by atomic mass is 79.9. The molecule has 1 aromatic rings. The second kappa shape index (κ2) is 6.04. The van der Waals surface area contributed by atoms with Gasteiger partial charge in [-0.15, -0.1) is 0 Å². The van der Waals surface area contributed by atoms with E-state index in [2.05, 4.69) is 15.9 Å². The predicted octanol–water partition coefficient (Wildman–Crippen LogP) is 3.81. The van der Waals surface area contributed by atoms with Crippen molar-refractivity contribution in [1.82, 2.24) is 0 Å². The average Bonchev–Trinajstić information content (AvgIpc) is 3.08. The zero-order valence-corrected chi connectivity index (χ0v) is 13.2. The van der Waals surface area contributed by atoms with Gasteiger partial charge in [0.05, 0.1) is 22.8 Å². The van der Waals surface area contributed by atoms with E-state index in [-0.39, 0.29) is 18.3 Å². The molecule has 0 amide bonds. The Kier molecular flexibility index (Phi) is 4.34. The van der Waals surface area contributed by atoms with Crippen molar-refractivity contribution >= 4 is 15.9 Å². The fourth-order valence-electron chi connectivity index (χ4n) is 3.42. The maximum atomic E-state index is 9.37. The van der Waals surface area contributed by atoms with Crippen LogP contribution in [-0.4, -0.2) is 23.4 Å². The molecule has 1 heterocycles. The molecule has 1 aliphatic carbocycles. The van der Waals surface area contributed by atoms with Crippen molar-refractivity contribution in [2.24, 2.45) is 0 Å². The first-order valence-corrected chi connectivity index (χ1v) is 8.21. The van der Waals surface area contributed by atoms with E-state index in [0.717, 1.165) is 22.2 Å². The number of rotatable bonds is 4. The Morgan fingerprint density at radius 2 is 2.10 bits per heavy atom. The summed E-state index contributed by atoms with van der Waals surface area (Å²) in [6.07, 6.45) is 7.45. The molecule has 1 aromatic carbocycles. The summed E-state index contributed by atoms with van der Waals surface area (Å²) in [6.45, 7) is 0.557. The van der Waals surface area contributed by atoms with E-state index in [9.17, 15) is 5.11 Å². The molecule has 1 spiro atoms. The first kappa shape index (κ1) is 14.4. The third-order valence-corrected chi connectivity index (χ3v) is 5.11. The van der Waals surface area contributed by atoms with E-state index in [4.69, 9.17) is 9.47 Å². The molecule has 1 atom stereocenters. The Balaban J connectivity index is 1.60. The number of halogens is 1. The van der Waals surface area contributed by atoms with Crippen LogP contribution in [0.4, 0.5) is 0 Å². The molecule has 2 aliphatic rings. The van der Waals surface area contributed by atoms with E-state index in [1.807, 2.05) is 18.2 Å². The summed E-state index contributed by atoms with van der Waals surface area (Å²) in [5, 5.41) is 9.37. The van der Waals surface area contributed by atoms with Crippen LogP contribution in [0, 0.1) is 0 Å². The third-order valence-electron chi connectivity index (χ3n) is 4.49. The summed E-state index contributed by atoms with van der Waals surface area (Å²) in [4.78, 5) is 0. The van der Waals surface area contributed by atoms with Crippen LogP contribution >= 0.6 is 15.9 Å². The monoisotopic (exact) mass is 340 g/mol. The summed E-state index contributed by atoms with van der Waals surface area (Å²) in [5.41, 5.74) is 0.967. The number of aliphatic hydroxyl groups is 1. The van der Waals surface area contributed by atoms with Gasteiger partial charge in [-0.3, -0.25) is 0 Å². The van der Waals surface area contributed by atoms with Crippen LogP contribution in [0.15, 0.2) is 22.7 Å². The Morgan fingerprint density at radius 3 is 2.85 bits per heavy atom. The maximum absolute atomic E-state index is 9.37. The van der Waals surface area contributed by atoms with Crippen molar-refractivity contribution in [3.8, 4) is 5.75 Å². The van der Waals surface area contributed by atoms with E-state index in [1.165, 1.54) is 32.1 Å². The van der Waals surface area contributed by atoms with Crippen molar-refractivity contribution in [3.05, 3.63) is 28.2 Å². The number of hydrogen-bond acceptors (Lipinski definition) is 3. The van der Waals surface area contributed by atoms with Gasteiger partial charge < -0.3 is 14.6 Å². The van der Waals surface area contributed by atoms with Crippen molar-refractivity contribution in [2.45, 2.75) is 56.8 Å². The van der Waals surface area contributed by atoms with Gasteiger partial charge in [0, 0.05) is 5.56 Å². The maximum Gasteiger partial charge on any atom is 0.139 e. The van der Waals surface area contributed by atoms with Crippen molar-refractivity contribution < 1.29 is 14.6 Å². The van der Waals surface area contributed by atoms with Gasteiger partial charge in [0.25, 0.3) is 0 Å². The topological polar surface area (TPSA) is 38.7 Å². The van der Waals surface area contributed by atoms with Crippen LogP contribution in [0.5, 0.6) is 5.75 Å². The molecule has 4 heteroatoms. The Hall–Kier alpha value is -0.580. The molecule has 1 saturated heterocycles. The van der Waals surface area contributed by atoms with Gasteiger partial charge in [-0.1, -0.05) is 25.0 Å². The molecular weight excluding hydrogens is 320 g/mol. The summed E-state index contributed by atoms with van der Waals surface area (Å²) in [7, 11) is 0. The van der Waals surface area contributed by atoms with Gasteiger partial charge in [-0.2, -0.15) is 0 Å². The molecular formula is C16H21BrO3. The molecule has 2 fully saturated rings. The number of aliphatic hydroxyl groups excluding tert-OH is 1. The van der Waals surface area contributed by atoms with Gasteiger partial charge in [0.15, 0.2) is 0 Å². The molecule has 0 aromatic heterocycles. The Morgan fingerprint density at radius 1 is 1.30 bits per heavy atom. The summed E-state index contributed by atoms with van der Waals surface area (Å²) in [5.74, 6) is 0.742. The lowest BCUT2D eigenvalue weighted by molar-refractivity contribution is -0.0511. The largest absolute Gasteiger partial charge is 0.489 e. The number of hydrogen-bond donors (Lipinski definition) is 1. The minimum Gasteiger partial charge on any atom is -0.489 e. The highest BCUT2D eigenvalue weighted by molar-refractivity contribution is 9.10. The van der Waals surface area contributed by atoms with Crippen LogP contribution in [0.1, 0.15) is 44.1 Å². The lowest BCUT2D eigenvalue weighted by atomic mass is 9.98. The molecule has 3 rings (SSSR count). The first-order chi connectivity index (χ1) is 9.72. The summed E-state index contributed by atoms with van der Waals surface area (Å²) >= 11 is 3.48. The molecule has 1 N–H and O–H groups in total. The van der Waals surface area contributed by atoms with Gasteiger partial charge in [0.2, 0.25) is 0 Å². The van der Waals surface area contributed by atoms with E-state index in [0.29, 0.717) is 6.61 Å². The molecule has 3 nitrogen and oxygen atoms in total. The van der Waals surface area contributed by atoms with Gasteiger partial charge in [0.1, 0.15) is 12.4 Å². The Labute approximate surface area is 128 Å². The first-order valence-electron chi connectivity index (χ1n) is 7.41. The fraction of sp³-hybridized carbons (Fsp3) is 0.625. The second-order valence-corrected chi connectivity index (χ2v) is 6.72. The standard InChI is InChI=1S/C16H21BrO3/c17-14-5-3-4-12(10-18)15(14)19-11-13-6-9-16(20-13)7-1-2-8-16/h3-5,13,18H,1-2,6-11H2. The molecule has 0 bridgehead atoms. The van der Waals surface area contributed by atoms with Crippen molar-refractivity contribution in [1.29, 1.82) is 0 Å². The third kappa shape index (κ3) is 2.87. The quantitative estimate of drug-likeness (QED) is 0.905. The summed E-state index contributed by atoms with van der Waals surface area (Å²) in [6, 6.07) is 5.72.